The molecular formula is C18H21N5O. The van der Waals surface area contributed by atoms with E-state index in [4.69, 9.17) is 4.42 Å². The van der Waals surface area contributed by atoms with Crippen LogP contribution in [0.25, 0.3) is 11.6 Å². The van der Waals surface area contributed by atoms with Crippen LogP contribution in [-0.4, -0.2) is 31.2 Å². The average molecular weight is 323 g/mol. The lowest BCUT2D eigenvalue weighted by molar-refractivity contribution is 0.242. The summed E-state index contributed by atoms with van der Waals surface area (Å²) in [5.74, 6) is 1.40. The summed E-state index contributed by atoms with van der Waals surface area (Å²) in [7, 11) is 2.00. The predicted octanol–water partition coefficient (Wildman–Crippen LogP) is 2.65. The van der Waals surface area contributed by atoms with Crippen molar-refractivity contribution in [2.24, 2.45) is 7.05 Å². The van der Waals surface area contributed by atoms with Crippen LogP contribution in [-0.2, 0) is 26.6 Å². The van der Waals surface area contributed by atoms with Crippen molar-refractivity contribution in [1.29, 1.82) is 0 Å². The largest absolute Gasteiger partial charge is 0.461 e. The Morgan fingerprint density at radius 3 is 2.88 bits per heavy atom. The smallest absolute Gasteiger partial charge is 0.195 e. The van der Waals surface area contributed by atoms with Crippen molar-refractivity contribution >= 4 is 0 Å². The molecule has 0 bridgehead atoms. The molecule has 0 fully saturated rings. The zero-order valence-electron chi connectivity index (χ0n) is 14.3. The van der Waals surface area contributed by atoms with E-state index in [9.17, 15) is 0 Å². The van der Waals surface area contributed by atoms with E-state index in [0.29, 0.717) is 5.82 Å². The molecule has 0 N–H and O–H groups in total. The van der Waals surface area contributed by atoms with Crippen LogP contribution in [0.3, 0.4) is 0 Å². The van der Waals surface area contributed by atoms with Gasteiger partial charge in [0.1, 0.15) is 0 Å². The summed E-state index contributed by atoms with van der Waals surface area (Å²) >= 11 is 0. The van der Waals surface area contributed by atoms with Gasteiger partial charge in [-0.1, -0.05) is 0 Å². The third-order valence-corrected chi connectivity index (χ3v) is 4.80. The Labute approximate surface area is 141 Å². The Morgan fingerprint density at radius 2 is 2.17 bits per heavy atom. The van der Waals surface area contributed by atoms with Gasteiger partial charge in [0.25, 0.3) is 0 Å². The second kappa shape index (κ2) is 5.87. The molecule has 6 heteroatoms. The van der Waals surface area contributed by atoms with Gasteiger partial charge in [-0.25, -0.2) is 9.97 Å². The molecule has 24 heavy (non-hydrogen) atoms. The number of aromatic nitrogens is 4. The van der Waals surface area contributed by atoms with E-state index in [1.807, 2.05) is 30.1 Å². The van der Waals surface area contributed by atoms with E-state index >= 15 is 0 Å². The third-order valence-electron chi connectivity index (χ3n) is 4.80. The summed E-state index contributed by atoms with van der Waals surface area (Å²) in [5, 5.41) is 4.52. The van der Waals surface area contributed by atoms with Crippen molar-refractivity contribution in [2.75, 3.05) is 6.54 Å². The Hall–Kier alpha value is -2.47. The molecule has 4 heterocycles. The van der Waals surface area contributed by atoms with Crippen LogP contribution in [0.5, 0.6) is 0 Å². The number of furan rings is 1. The average Bonchev–Trinajstić information content (AvgIpc) is 3.19. The second-order valence-corrected chi connectivity index (χ2v) is 6.38. The Bertz CT molecular complexity index is 866. The minimum atomic E-state index is 0.672. The monoisotopic (exact) mass is 323 g/mol. The van der Waals surface area contributed by atoms with Gasteiger partial charge in [0.2, 0.25) is 0 Å². The van der Waals surface area contributed by atoms with Crippen molar-refractivity contribution in [3.05, 3.63) is 52.8 Å². The number of hydrogen-bond acceptors (Lipinski definition) is 5. The molecule has 4 rings (SSSR count). The highest BCUT2D eigenvalue weighted by molar-refractivity contribution is 5.47. The molecule has 0 aliphatic carbocycles. The predicted molar refractivity (Wildman–Crippen MR) is 90.2 cm³/mol. The highest BCUT2D eigenvalue weighted by Gasteiger charge is 2.21. The first-order valence-electron chi connectivity index (χ1n) is 8.22. The maximum Gasteiger partial charge on any atom is 0.195 e. The van der Waals surface area contributed by atoms with Gasteiger partial charge in [-0.05, 0) is 26.0 Å². The van der Waals surface area contributed by atoms with Gasteiger partial charge >= 0.3 is 0 Å². The molecule has 0 saturated carbocycles. The quantitative estimate of drug-likeness (QED) is 0.741. The van der Waals surface area contributed by atoms with Gasteiger partial charge in [-0.15, -0.1) is 0 Å². The van der Waals surface area contributed by atoms with E-state index in [1.165, 1.54) is 16.8 Å². The first kappa shape index (κ1) is 15.1. The first-order chi connectivity index (χ1) is 11.6. The zero-order chi connectivity index (χ0) is 16.7. The Morgan fingerprint density at radius 1 is 1.29 bits per heavy atom. The van der Waals surface area contributed by atoms with Crippen LogP contribution in [0, 0.1) is 13.8 Å². The minimum Gasteiger partial charge on any atom is -0.461 e. The van der Waals surface area contributed by atoms with Gasteiger partial charge in [-0.3, -0.25) is 9.58 Å². The summed E-state index contributed by atoms with van der Waals surface area (Å²) in [6, 6.07) is 3.75. The van der Waals surface area contributed by atoms with E-state index in [2.05, 4.69) is 33.8 Å². The normalized spacial score (nSPS) is 14.8. The van der Waals surface area contributed by atoms with Crippen LogP contribution in [0.15, 0.2) is 29.0 Å². The number of nitrogens with zero attached hydrogens (tertiary/aromatic N) is 5. The van der Waals surface area contributed by atoms with Crippen molar-refractivity contribution < 1.29 is 4.42 Å². The van der Waals surface area contributed by atoms with E-state index in [-0.39, 0.29) is 0 Å². The van der Waals surface area contributed by atoms with Crippen molar-refractivity contribution in [3.63, 3.8) is 0 Å². The second-order valence-electron chi connectivity index (χ2n) is 6.38. The molecule has 0 unspecified atom stereocenters. The van der Waals surface area contributed by atoms with Gasteiger partial charge in [0.05, 0.1) is 17.7 Å². The van der Waals surface area contributed by atoms with E-state index < -0.39 is 0 Å². The summed E-state index contributed by atoms with van der Waals surface area (Å²) in [6.45, 7) is 7.01. The summed E-state index contributed by atoms with van der Waals surface area (Å²) in [4.78, 5) is 11.6. The van der Waals surface area contributed by atoms with Gasteiger partial charge in [-0.2, -0.15) is 5.10 Å². The zero-order valence-corrected chi connectivity index (χ0v) is 14.3. The van der Waals surface area contributed by atoms with Crippen molar-refractivity contribution in [1.82, 2.24) is 24.6 Å². The Kier molecular flexibility index (Phi) is 3.69. The van der Waals surface area contributed by atoms with Crippen LogP contribution in [0.2, 0.25) is 0 Å². The van der Waals surface area contributed by atoms with Gasteiger partial charge in [0, 0.05) is 56.1 Å². The lowest BCUT2D eigenvalue weighted by Crippen LogP contribution is -2.31. The fourth-order valence-corrected chi connectivity index (χ4v) is 3.30. The molecule has 0 aromatic carbocycles. The van der Waals surface area contributed by atoms with Crippen LogP contribution < -0.4 is 0 Å². The highest BCUT2D eigenvalue weighted by Crippen LogP contribution is 2.23. The molecule has 0 radical (unpaired) electrons. The van der Waals surface area contributed by atoms with Crippen molar-refractivity contribution in [2.45, 2.75) is 33.4 Å². The number of hydrogen-bond donors (Lipinski definition) is 0. The highest BCUT2D eigenvalue weighted by atomic mass is 16.3. The standard InChI is InChI=1S/C18H21N5O/c1-12-15(13(2)22(3)21-12)11-23-7-6-16-14(10-23)9-19-18(20-16)17-5-4-8-24-17/h4-5,8-9H,6-7,10-11H2,1-3H3. The minimum absolute atomic E-state index is 0.672. The molecule has 1 aliphatic heterocycles. The topological polar surface area (TPSA) is 60.0 Å². The van der Waals surface area contributed by atoms with Crippen LogP contribution in [0.1, 0.15) is 28.2 Å². The fourth-order valence-electron chi connectivity index (χ4n) is 3.30. The first-order valence-corrected chi connectivity index (χ1v) is 8.22. The molecule has 3 aromatic rings. The number of fused-ring (bicyclic) bond motifs is 1. The molecule has 6 nitrogen and oxygen atoms in total. The van der Waals surface area contributed by atoms with Crippen molar-refractivity contribution in [3.8, 4) is 11.6 Å². The summed E-state index contributed by atoms with van der Waals surface area (Å²) in [5.41, 5.74) is 6.02. The van der Waals surface area contributed by atoms with Crippen LogP contribution in [0.4, 0.5) is 0 Å². The SMILES string of the molecule is Cc1nn(C)c(C)c1CN1CCc2nc(-c3ccco3)ncc2C1. The summed E-state index contributed by atoms with van der Waals surface area (Å²) < 4.78 is 7.35. The third kappa shape index (κ3) is 2.63. The van der Waals surface area contributed by atoms with Crippen LogP contribution >= 0.6 is 0 Å². The van der Waals surface area contributed by atoms with Gasteiger partial charge in [0.15, 0.2) is 11.6 Å². The fraction of sp³-hybridized carbons (Fsp3) is 0.389. The lowest BCUT2D eigenvalue weighted by atomic mass is 10.1. The molecule has 0 saturated heterocycles. The maximum atomic E-state index is 5.39. The maximum absolute atomic E-state index is 5.39. The van der Waals surface area contributed by atoms with E-state index in [0.717, 1.165) is 43.2 Å². The molecule has 0 spiro atoms. The molecule has 0 amide bonds. The molecule has 3 aromatic heterocycles. The Balaban J connectivity index is 1.54. The molecule has 1 aliphatic rings. The van der Waals surface area contributed by atoms with E-state index in [1.54, 1.807) is 6.26 Å². The number of rotatable bonds is 3. The molecule has 124 valence electrons. The van der Waals surface area contributed by atoms with Gasteiger partial charge < -0.3 is 4.42 Å². The summed E-state index contributed by atoms with van der Waals surface area (Å²) in [6.07, 6.45) is 4.53. The molecular weight excluding hydrogens is 302 g/mol. The molecule has 0 atom stereocenters. The number of aryl methyl sites for hydroxylation is 2. The lowest BCUT2D eigenvalue weighted by Gasteiger charge is -2.28.